The zero-order chi connectivity index (χ0) is 14.1. The molecule has 0 amide bonds. The topological polar surface area (TPSA) is 32.7 Å². The zero-order valence-corrected chi connectivity index (χ0v) is 11.4. The monoisotopic (exact) mass is 265 g/mol. The van der Waals surface area contributed by atoms with Crippen LogP contribution in [0.1, 0.15) is 17.5 Å². The molecule has 1 rings (SSSR count). The Labute approximate surface area is 114 Å². The molecule has 104 valence electrons. The fraction of sp³-hybridized carbons (Fsp3) is 0.467. The number of aliphatic hydroxyl groups is 1. The highest BCUT2D eigenvalue weighted by Crippen LogP contribution is 2.10. The first-order valence-corrected chi connectivity index (χ1v) is 6.22. The van der Waals surface area contributed by atoms with Crippen LogP contribution in [0, 0.1) is 17.7 Å². The van der Waals surface area contributed by atoms with Crippen molar-refractivity contribution in [2.45, 2.75) is 13.0 Å². The highest BCUT2D eigenvalue weighted by atomic mass is 19.1. The van der Waals surface area contributed by atoms with Gasteiger partial charge < -0.3 is 14.7 Å². The summed E-state index contributed by atoms with van der Waals surface area (Å²) in [6.07, 6.45) is 0.944. The lowest BCUT2D eigenvalue weighted by atomic mass is 10.1. The fourth-order valence-electron chi connectivity index (χ4n) is 1.82. The van der Waals surface area contributed by atoms with Gasteiger partial charge in [-0.3, -0.25) is 0 Å². The third-order valence-electron chi connectivity index (χ3n) is 2.61. The quantitative estimate of drug-likeness (QED) is 0.627. The van der Waals surface area contributed by atoms with E-state index < -0.39 is 0 Å². The highest BCUT2D eigenvalue weighted by Gasteiger charge is 2.03. The van der Waals surface area contributed by atoms with Crippen molar-refractivity contribution in [3.05, 3.63) is 35.1 Å². The Balaban J connectivity index is 2.64. The van der Waals surface area contributed by atoms with Crippen LogP contribution in [-0.4, -0.2) is 43.9 Å². The van der Waals surface area contributed by atoms with E-state index >= 15 is 0 Å². The summed E-state index contributed by atoms with van der Waals surface area (Å²) in [5.74, 6) is 4.94. The lowest BCUT2D eigenvalue weighted by Crippen LogP contribution is -2.20. The van der Waals surface area contributed by atoms with Gasteiger partial charge in [-0.1, -0.05) is 11.8 Å². The molecule has 0 atom stereocenters. The van der Waals surface area contributed by atoms with Crippen LogP contribution in [0.5, 0.6) is 0 Å². The Hall–Kier alpha value is -1.41. The minimum Gasteiger partial charge on any atom is -0.385 e. The first kappa shape index (κ1) is 15.6. The summed E-state index contributed by atoms with van der Waals surface area (Å²) >= 11 is 0. The summed E-state index contributed by atoms with van der Waals surface area (Å²) in [7, 11) is 3.66. The van der Waals surface area contributed by atoms with Gasteiger partial charge in [0.1, 0.15) is 12.4 Å². The van der Waals surface area contributed by atoms with Gasteiger partial charge in [0.05, 0.1) is 0 Å². The molecule has 1 aromatic carbocycles. The molecule has 0 unspecified atom stereocenters. The smallest absolute Gasteiger partial charge is 0.124 e. The fourth-order valence-corrected chi connectivity index (χ4v) is 1.82. The molecule has 0 aliphatic heterocycles. The first-order valence-electron chi connectivity index (χ1n) is 6.22. The Morgan fingerprint density at radius 2 is 2.16 bits per heavy atom. The molecule has 0 heterocycles. The molecule has 0 radical (unpaired) electrons. The van der Waals surface area contributed by atoms with E-state index in [0.29, 0.717) is 12.1 Å². The number of hydrogen-bond donors (Lipinski definition) is 1. The third kappa shape index (κ3) is 6.35. The molecule has 19 heavy (non-hydrogen) atoms. The number of halogens is 1. The predicted octanol–water partition coefficient (Wildman–Crippen LogP) is 1.64. The normalized spacial score (nSPS) is 10.4. The van der Waals surface area contributed by atoms with Crippen molar-refractivity contribution in [1.82, 2.24) is 4.90 Å². The average Bonchev–Trinajstić information content (AvgIpc) is 2.36. The second kappa shape index (κ2) is 8.65. The molecule has 0 aliphatic rings. The molecule has 0 aliphatic carbocycles. The molecule has 0 fully saturated rings. The summed E-state index contributed by atoms with van der Waals surface area (Å²) in [4.78, 5) is 2.11. The molecule has 1 aromatic rings. The van der Waals surface area contributed by atoms with Crippen molar-refractivity contribution in [3.63, 3.8) is 0 Å². The SMILES string of the molecule is COCCCN(C)Cc1cc(F)cc(C#CCO)c1. The molecule has 0 bridgehead atoms. The van der Waals surface area contributed by atoms with Crippen LogP contribution in [0.15, 0.2) is 18.2 Å². The molecular weight excluding hydrogens is 245 g/mol. The molecule has 0 aromatic heterocycles. The maximum Gasteiger partial charge on any atom is 0.124 e. The maximum absolute atomic E-state index is 13.4. The van der Waals surface area contributed by atoms with Crippen molar-refractivity contribution in [2.24, 2.45) is 0 Å². The van der Waals surface area contributed by atoms with Crippen molar-refractivity contribution in [1.29, 1.82) is 0 Å². The predicted molar refractivity (Wildman–Crippen MR) is 73.2 cm³/mol. The molecule has 0 saturated carbocycles. The number of benzene rings is 1. The number of nitrogens with zero attached hydrogens (tertiary/aromatic N) is 1. The van der Waals surface area contributed by atoms with E-state index in [1.165, 1.54) is 12.1 Å². The van der Waals surface area contributed by atoms with Crippen molar-refractivity contribution in [3.8, 4) is 11.8 Å². The Bertz CT molecular complexity index is 451. The van der Waals surface area contributed by atoms with Gasteiger partial charge in [0.15, 0.2) is 0 Å². The molecule has 3 nitrogen and oxygen atoms in total. The first-order chi connectivity index (χ1) is 9.15. The molecule has 0 spiro atoms. The third-order valence-corrected chi connectivity index (χ3v) is 2.61. The minimum atomic E-state index is -0.301. The summed E-state index contributed by atoms with van der Waals surface area (Å²) in [6, 6.07) is 4.73. The standard InChI is InChI=1S/C15H20FNO2/c1-17(6-4-8-19-2)12-14-9-13(5-3-7-18)10-15(16)11-14/h9-11,18H,4,6-8,12H2,1-2H3. The maximum atomic E-state index is 13.4. The van der Waals surface area contributed by atoms with Crippen LogP contribution in [0.3, 0.4) is 0 Å². The van der Waals surface area contributed by atoms with Gasteiger partial charge in [-0.05, 0) is 37.2 Å². The number of aliphatic hydroxyl groups excluding tert-OH is 1. The second-order valence-corrected chi connectivity index (χ2v) is 4.39. The summed E-state index contributed by atoms with van der Waals surface area (Å²) < 4.78 is 18.4. The van der Waals surface area contributed by atoms with E-state index in [9.17, 15) is 4.39 Å². The van der Waals surface area contributed by atoms with E-state index in [1.54, 1.807) is 7.11 Å². The molecule has 1 N–H and O–H groups in total. The van der Waals surface area contributed by atoms with Gasteiger partial charge in [-0.2, -0.15) is 0 Å². The van der Waals surface area contributed by atoms with E-state index in [4.69, 9.17) is 9.84 Å². The van der Waals surface area contributed by atoms with Gasteiger partial charge in [0.25, 0.3) is 0 Å². The summed E-state index contributed by atoms with van der Waals surface area (Å²) in [6.45, 7) is 2.06. The lowest BCUT2D eigenvalue weighted by molar-refractivity contribution is 0.178. The number of rotatable bonds is 6. The van der Waals surface area contributed by atoms with Gasteiger partial charge in [0, 0.05) is 32.4 Å². The number of methoxy groups -OCH3 is 1. The van der Waals surface area contributed by atoms with Crippen molar-refractivity contribution < 1.29 is 14.2 Å². The van der Waals surface area contributed by atoms with E-state index in [1.807, 2.05) is 13.1 Å². The molecule has 0 saturated heterocycles. The van der Waals surface area contributed by atoms with Crippen LogP contribution >= 0.6 is 0 Å². The van der Waals surface area contributed by atoms with Crippen molar-refractivity contribution >= 4 is 0 Å². The Kier molecular flexibility index (Phi) is 7.12. The van der Waals surface area contributed by atoms with Crippen LogP contribution in [0.4, 0.5) is 4.39 Å². The minimum absolute atomic E-state index is 0.219. The van der Waals surface area contributed by atoms with Gasteiger partial charge >= 0.3 is 0 Å². The lowest BCUT2D eigenvalue weighted by Gasteiger charge is -2.16. The Morgan fingerprint density at radius 3 is 2.84 bits per heavy atom. The second-order valence-electron chi connectivity index (χ2n) is 4.39. The zero-order valence-electron chi connectivity index (χ0n) is 11.4. The average molecular weight is 265 g/mol. The highest BCUT2D eigenvalue weighted by molar-refractivity contribution is 5.37. The Morgan fingerprint density at radius 1 is 1.37 bits per heavy atom. The molecular formula is C15H20FNO2. The van der Waals surface area contributed by atoms with E-state index in [-0.39, 0.29) is 12.4 Å². The summed E-state index contributed by atoms with van der Waals surface area (Å²) in [5.41, 5.74) is 1.47. The van der Waals surface area contributed by atoms with Crippen LogP contribution in [-0.2, 0) is 11.3 Å². The van der Waals surface area contributed by atoms with Crippen molar-refractivity contribution in [2.75, 3.05) is 33.9 Å². The van der Waals surface area contributed by atoms with Gasteiger partial charge in [0.2, 0.25) is 0 Å². The number of hydrogen-bond acceptors (Lipinski definition) is 3. The van der Waals surface area contributed by atoms with Crippen LogP contribution in [0.2, 0.25) is 0 Å². The van der Waals surface area contributed by atoms with E-state index in [2.05, 4.69) is 16.7 Å². The van der Waals surface area contributed by atoms with E-state index in [0.717, 1.165) is 25.1 Å². The molecule has 4 heteroatoms. The van der Waals surface area contributed by atoms with Crippen LogP contribution in [0.25, 0.3) is 0 Å². The summed E-state index contributed by atoms with van der Waals surface area (Å²) in [5, 5.41) is 8.64. The van der Waals surface area contributed by atoms with Crippen LogP contribution < -0.4 is 0 Å². The van der Waals surface area contributed by atoms with Gasteiger partial charge in [-0.25, -0.2) is 4.39 Å². The number of ether oxygens (including phenoxy) is 1. The largest absolute Gasteiger partial charge is 0.385 e. The van der Waals surface area contributed by atoms with Gasteiger partial charge in [-0.15, -0.1) is 0 Å².